The second kappa shape index (κ2) is 15.3. The SMILES string of the molecule is CCCCC(=O)Nc1ccc(-c2ccc(C(=O)CC(CCc3ccccc3)C(=O)NS(=O)(=O)c3ccc(C)cc3)cc2)cc1. The summed E-state index contributed by atoms with van der Waals surface area (Å²) in [5.41, 5.74) is 4.88. The molecular weight excluding hydrogens is 572 g/mol. The van der Waals surface area contributed by atoms with Crippen molar-refractivity contribution in [1.29, 1.82) is 0 Å². The second-order valence-corrected chi connectivity index (χ2v) is 12.6. The Bertz CT molecular complexity index is 1670. The summed E-state index contributed by atoms with van der Waals surface area (Å²) < 4.78 is 28.1. The Morgan fingerprint density at radius 2 is 1.39 bits per heavy atom. The number of amides is 2. The molecule has 4 aromatic carbocycles. The summed E-state index contributed by atoms with van der Waals surface area (Å²) in [6, 6.07) is 30.4. The summed E-state index contributed by atoms with van der Waals surface area (Å²) in [4.78, 5) is 38.6. The van der Waals surface area contributed by atoms with Gasteiger partial charge in [0.15, 0.2) is 5.78 Å². The smallest absolute Gasteiger partial charge is 0.264 e. The van der Waals surface area contributed by atoms with Crippen molar-refractivity contribution in [3.63, 3.8) is 0 Å². The van der Waals surface area contributed by atoms with E-state index >= 15 is 0 Å². The molecule has 0 fully saturated rings. The van der Waals surface area contributed by atoms with Gasteiger partial charge in [0.05, 0.1) is 4.90 Å². The summed E-state index contributed by atoms with van der Waals surface area (Å²) in [7, 11) is -4.09. The number of unbranched alkanes of at least 4 members (excludes halogenated alkanes) is 1. The molecule has 0 spiro atoms. The first-order valence-corrected chi connectivity index (χ1v) is 16.3. The monoisotopic (exact) mass is 610 g/mol. The molecule has 2 amide bonds. The molecule has 0 aliphatic carbocycles. The summed E-state index contributed by atoms with van der Waals surface area (Å²) in [6.07, 6.45) is 3.00. The summed E-state index contributed by atoms with van der Waals surface area (Å²) in [5, 5.41) is 2.90. The molecule has 0 saturated heterocycles. The molecule has 0 bridgehead atoms. The van der Waals surface area contributed by atoms with Gasteiger partial charge in [-0.1, -0.05) is 97.8 Å². The van der Waals surface area contributed by atoms with Crippen molar-refractivity contribution in [2.45, 2.75) is 57.3 Å². The zero-order valence-corrected chi connectivity index (χ0v) is 25.9. The molecule has 0 aliphatic heterocycles. The topological polar surface area (TPSA) is 109 Å². The van der Waals surface area contributed by atoms with E-state index in [-0.39, 0.29) is 23.0 Å². The molecule has 4 rings (SSSR count). The number of hydrogen-bond acceptors (Lipinski definition) is 5. The number of sulfonamides is 1. The van der Waals surface area contributed by atoms with E-state index in [9.17, 15) is 22.8 Å². The number of anilines is 1. The highest BCUT2D eigenvalue weighted by Gasteiger charge is 2.27. The van der Waals surface area contributed by atoms with Gasteiger partial charge in [-0.3, -0.25) is 14.4 Å². The van der Waals surface area contributed by atoms with Gasteiger partial charge in [-0.25, -0.2) is 13.1 Å². The molecule has 1 atom stereocenters. The minimum absolute atomic E-state index is 0.00733. The van der Waals surface area contributed by atoms with Crippen LogP contribution < -0.4 is 10.0 Å². The minimum Gasteiger partial charge on any atom is -0.326 e. The standard InChI is InChI=1S/C36H38N2O5S/c1-3-4-10-35(40)37-32-21-19-29(20-22-32)28-15-17-30(18-16-28)34(39)25-31(14-13-27-8-6-5-7-9-27)36(41)38-44(42,43)33-23-11-26(2)12-24-33/h5-9,11-12,15-24,31H,3-4,10,13-14,25H2,1-2H3,(H,37,40)(H,38,41). The normalized spacial score (nSPS) is 11.9. The van der Waals surface area contributed by atoms with E-state index in [0.29, 0.717) is 24.8 Å². The van der Waals surface area contributed by atoms with Gasteiger partial charge >= 0.3 is 0 Å². The molecule has 2 N–H and O–H groups in total. The lowest BCUT2D eigenvalue weighted by atomic mass is 9.91. The van der Waals surface area contributed by atoms with Crippen LogP contribution in [-0.2, 0) is 26.0 Å². The number of Topliss-reactive ketones (excluding diaryl/α,β-unsaturated/α-hetero) is 1. The van der Waals surface area contributed by atoms with Crippen LogP contribution in [0.2, 0.25) is 0 Å². The zero-order valence-electron chi connectivity index (χ0n) is 25.1. The molecule has 0 heterocycles. The van der Waals surface area contributed by atoms with Gasteiger partial charge in [-0.15, -0.1) is 0 Å². The zero-order chi connectivity index (χ0) is 31.5. The first kappa shape index (κ1) is 32.4. The Hall–Kier alpha value is -4.56. The van der Waals surface area contributed by atoms with Crippen LogP contribution in [0.25, 0.3) is 11.1 Å². The van der Waals surface area contributed by atoms with Gasteiger partial charge in [0.25, 0.3) is 10.0 Å². The maximum absolute atomic E-state index is 13.3. The molecule has 0 aromatic heterocycles. The van der Waals surface area contributed by atoms with Crippen molar-refractivity contribution in [2.24, 2.45) is 5.92 Å². The highest BCUT2D eigenvalue weighted by Crippen LogP contribution is 2.24. The van der Waals surface area contributed by atoms with Gasteiger partial charge in [0.1, 0.15) is 0 Å². The van der Waals surface area contributed by atoms with Gasteiger partial charge in [-0.05, 0) is 67.1 Å². The maximum atomic E-state index is 13.3. The first-order chi connectivity index (χ1) is 21.1. The van der Waals surface area contributed by atoms with E-state index in [4.69, 9.17) is 0 Å². The van der Waals surface area contributed by atoms with E-state index in [1.165, 1.54) is 12.1 Å². The van der Waals surface area contributed by atoms with Gasteiger partial charge in [0.2, 0.25) is 11.8 Å². The molecule has 8 heteroatoms. The molecule has 1 unspecified atom stereocenters. The van der Waals surface area contributed by atoms with E-state index in [1.54, 1.807) is 24.3 Å². The van der Waals surface area contributed by atoms with Crippen molar-refractivity contribution < 1.29 is 22.8 Å². The quantitative estimate of drug-likeness (QED) is 0.148. The highest BCUT2D eigenvalue weighted by molar-refractivity contribution is 7.90. The van der Waals surface area contributed by atoms with Gasteiger partial charge < -0.3 is 5.32 Å². The van der Waals surface area contributed by atoms with Crippen LogP contribution in [0.1, 0.15) is 60.5 Å². The number of hydrogen-bond donors (Lipinski definition) is 2. The van der Waals surface area contributed by atoms with Gasteiger partial charge in [0, 0.05) is 30.0 Å². The third-order valence-electron chi connectivity index (χ3n) is 7.46. The van der Waals surface area contributed by atoms with Crippen molar-refractivity contribution >= 4 is 33.3 Å². The van der Waals surface area contributed by atoms with Crippen LogP contribution in [0.15, 0.2) is 108 Å². The van der Waals surface area contributed by atoms with Crippen molar-refractivity contribution in [3.05, 3.63) is 120 Å². The first-order valence-electron chi connectivity index (χ1n) is 14.9. The number of aryl methyl sites for hydroxylation is 2. The number of nitrogens with one attached hydrogen (secondary N) is 2. The Balaban J connectivity index is 1.45. The Labute approximate surface area is 259 Å². The highest BCUT2D eigenvalue weighted by atomic mass is 32.2. The van der Waals surface area contributed by atoms with Crippen LogP contribution >= 0.6 is 0 Å². The van der Waals surface area contributed by atoms with Crippen LogP contribution in [0.4, 0.5) is 5.69 Å². The fraction of sp³-hybridized carbons (Fsp3) is 0.250. The lowest BCUT2D eigenvalue weighted by molar-refractivity contribution is -0.123. The summed E-state index contributed by atoms with van der Waals surface area (Å²) >= 11 is 0. The molecule has 228 valence electrons. The van der Waals surface area contributed by atoms with Crippen LogP contribution in [-0.4, -0.2) is 26.0 Å². The number of benzene rings is 4. The fourth-order valence-corrected chi connectivity index (χ4v) is 5.84. The maximum Gasteiger partial charge on any atom is 0.264 e. The predicted molar refractivity (Wildman–Crippen MR) is 174 cm³/mol. The van der Waals surface area contributed by atoms with Crippen LogP contribution in [0, 0.1) is 12.8 Å². The summed E-state index contributed by atoms with van der Waals surface area (Å²) in [5.74, 6) is -1.80. The number of rotatable bonds is 14. The van der Waals surface area contributed by atoms with E-state index in [0.717, 1.165) is 40.8 Å². The Morgan fingerprint density at radius 3 is 2.00 bits per heavy atom. The van der Waals surface area contributed by atoms with E-state index in [2.05, 4.69) is 10.0 Å². The summed E-state index contributed by atoms with van der Waals surface area (Å²) in [6.45, 7) is 3.89. The van der Waals surface area contributed by atoms with E-state index in [1.807, 2.05) is 80.6 Å². The Kier molecular flexibility index (Phi) is 11.2. The average molecular weight is 611 g/mol. The molecule has 44 heavy (non-hydrogen) atoms. The van der Waals surface area contributed by atoms with Crippen molar-refractivity contribution in [3.8, 4) is 11.1 Å². The third kappa shape index (κ3) is 9.22. The van der Waals surface area contributed by atoms with E-state index < -0.39 is 21.8 Å². The average Bonchev–Trinajstić information content (AvgIpc) is 3.03. The van der Waals surface area contributed by atoms with Gasteiger partial charge in [-0.2, -0.15) is 0 Å². The molecule has 4 aromatic rings. The lowest BCUT2D eigenvalue weighted by Crippen LogP contribution is -2.37. The minimum atomic E-state index is -4.09. The lowest BCUT2D eigenvalue weighted by Gasteiger charge is -2.17. The van der Waals surface area contributed by atoms with Crippen LogP contribution in [0.3, 0.4) is 0 Å². The molecule has 0 saturated carbocycles. The molecule has 7 nitrogen and oxygen atoms in total. The molecule has 0 aliphatic rings. The third-order valence-corrected chi connectivity index (χ3v) is 8.82. The number of carbonyl (C=O) groups is 3. The Morgan fingerprint density at radius 1 is 0.773 bits per heavy atom. The molecular formula is C36H38N2O5S. The number of carbonyl (C=O) groups excluding carboxylic acids is 3. The van der Waals surface area contributed by atoms with Crippen molar-refractivity contribution in [1.82, 2.24) is 4.72 Å². The fourth-order valence-electron chi connectivity index (χ4n) is 4.80. The largest absolute Gasteiger partial charge is 0.326 e. The molecule has 0 radical (unpaired) electrons. The predicted octanol–water partition coefficient (Wildman–Crippen LogP) is 7.12. The van der Waals surface area contributed by atoms with Crippen LogP contribution in [0.5, 0.6) is 0 Å². The number of ketones is 1. The van der Waals surface area contributed by atoms with Crippen molar-refractivity contribution in [2.75, 3.05) is 5.32 Å². The second-order valence-electron chi connectivity index (χ2n) is 10.9.